The monoisotopic (exact) mass is 279 g/mol. The van der Waals surface area contributed by atoms with E-state index >= 15 is 0 Å². The van der Waals surface area contributed by atoms with Crippen LogP contribution in [-0.2, 0) is 9.53 Å². The Morgan fingerprint density at radius 3 is 2.80 bits per heavy atom. The van der Waals surface area contributed by atoms with Crippen molar-refractivity contribution in [2.75, 3.05) is 13.2 Å². The largest absolute Gasteiger partial charge is 0.466 e. The van der Waals surface area contributed by atoms with Gasteiger partial charge in [0.25, 0.3) is 5.91 Å². The Morgan fingerprint density at radius 2 is 2.25 bits per heavy atom. The normalized spacial score (nSPS) is 20.8. The number of nitrogens with zero attached hydrogens (tertiary/aromatic N) is 1. The van der Waals surface area contributed by atoms with Gasteiger partial charge in [-0.3, -0.25) is 9.59 Å². The Kier molecular flexibility index (Phi) is 4.47. The third-order valence-electron chi connectivity index (χ3n) is 3.56. The van der Waals surface area contributed by atoms with Crippen LogP contribution < -0.4 is 0 Å². The topological polar surface area (TPSA) is 59.8 Å². The second-order valence-electron chi connectivity index (χ2n) is 5.38. The third kappa shape index (κ3) is 3.21. The van der Waals surface area contributed by atoms with Gasteiger partial charge in [0.2, 0.25) is 0 Å². The molecule has 20 heavy (non-hydrogen) atoms. The van der Waals surface area contributed by atoms with E-state index in [4.69, 9.17) is 9.15 Å². The van der Waals surface area contributed by atoms with E-state index in [1.54, 1.807) is 24.0 Å². The quantitative estimate of drug-likeness (QED) is 0.750. The van der Waals surface area contributed by atoms with Gasteiger partial charge in [0.1, 0.15) is 0 Å². The molecule has 2 unspecified atom stereocenters. The molecule has 110 valence electrons. The maximum atomic E-state index is 12.3. The van der Waals surface area contributed by atoms with Gasteiger partial charge in [-0.15, -0.1) is 0 Å². The average molecular weight is 279 g/mol. The summed E-state index contributed by atoms with van der Waals surface area (Å²) < 4.78 is 10.2. The van der Waals surface area contributed by atoms with Crippen LogP contribution >= 0.6 is 0 Å². The molecule has 2 rings (SSSR count). The van der Waals surface area contributed by atoms with E-state index in [1.165, 1.54) is 6.26 Å². The molecule has 1 saturated carbocycles. The molecule has 1 aromatic heterocycles. The molecule has 1 aromatic rings. The molecule has 0 spiro atoms. The molecule has 1 heterocycles. The van der Waals surface area contributed by atoms with Gasteiger partial charge in [-0.1, -0.05) is 0 Å². The zero-order valence-corrected chi connectivity index (χ0v) is 12.2. The summed E-state index contributed by atoms with van der Waals surface area (Å²) in [5.74, 6) is 0.217. The fraction of sp³-hybridized carbons (Fsp3) is 0.600. The summed E-state index contributed by atoms with van der Waals surface area (Å²) >= 11 is 0. The average Bonchev–Trinajstić information content (AvgIpc) is 2.96. The fourth-order valence-corrected chi connectivity index (χ4v) is 2.31. The summed E-state index contributed by atoms with van der Waals surface area (Å²) in [5, 5.41) is 0. The van der Waals surface area contributed by atoms with Crippen molar-refractivity contribution in [3.05, 3.63) is 24.2 Å². The number of hydrogen-bond acceptors (Lipinski definition) is 4. The summed E-state index contributed by atoms with van der Waals surface area (Å²) in [4.78, 5) is 25.7. The van der Waals surface area contributed by atoms with Gasteiger partial charge in [0, 0.05) is 12.6 Å². The van der Waals surface area contributed by atoms with E-state index in [0.717, 1.165) is 6.42 Å². The van der Waals surface area contributed by atoms with Gasteiger partial charge in [-0.05, 0) is 45.2 Å². The highest BCUT2D eigenvalue weighted by Crippen LogP contribution is 2.40. The minimum Gasteiger partial charge on any atom is -0.466 e. The number of rotatable bonds is 6. The predicted molar refractivity (Wildman–Crippen MR) is 73.1 cm³/mol. The molecule has 0 N–H and O–H groups in total. The first-order chi connectivity index (χ1) is 9.54. The van der Waals surface area contributed by atoms with Crippen molar-refractivity contribution in [3.8, 4) is 0 Å². The summed E-state index contributed by atoms with van der Waals surface area (Å²) in [5.41, 5.74) is 0. The molecule has 5 nitrogen and oxygen atoms in total. The van der Waals surface area contributed by atoms with E-state index in [1.807, 2.05) is 13.8 Å². The molecular formula is C15H21NO4. The van der Waals surface area contributed by atoms with E-state index < -0.39 is 0 Å². The van der Waals surface area contributed by atoms with Crippen LogP contribution in [-0.4, -0.2) is 36.0 Å². The number of furan rings is 1. The number of carbonyl (C=O) groups is 2. The maximum Gasteiger partial charge on any atom is 0.309 e. The molecule has 1 aliphatic carbocycles. The van der Waals surface area contributed by atoms with Crippen LogP contribution in [0.2, 0.25) is 0 Å². The van der Waals surface area contributed by atoms with Crippen LogP contribution in [0, 0.1) is 11.8 Å². The highest BCUT2D eigenvalue weighted by Gasteiger charge is 2.45. The van der Waals surface area contributed by atoms with E-state index in [2.05, 4.69) is 0 Å². The van der Waals surface area contributed by atoms with Crippen LogP contribution in [0.15, 0.2) is 22.8 Å². The Balaban J connectivity index is 1.95. The van der Waals surface area contributed by atoms with Crippen molar-refractivity contribution in [2.24, 2.45) is 11.8 Å². The molecule has 1 aliphatic rings. The zero-order valence-electron chi connectivity index (χ0n) is 12.2. The van der Waals surface area contributed by atoms with Crippen molar-refractivity contribution in [1.29, 1.82) is 0 Å². The van der Waals surface area contributed by atoms with Gasteiger partial charge in [-0.2, -0.15) is 0 Å². The SMILES string of the molecule is CCOC(=O)C1CC1CN(C(=O)c1ccco1)C(C)C. The number of carbonyl (C=O) groups excluding carboxylic acids is 2. The van der Waals surface area contributed by atoms with Crippen LogP contribution in [0.3, 0.4) is 0 Å². The van der Waals surface area contributed by atoms with Crippen LogP contribution in [0.4, 0.5) is 0 Å². The van der Waals surface area contributed by atoms with Gasteiger partial charge in [-0.25, -0.2) is 0 Å². The summed E-state index contributed by atoms with van der Waals surface area (Å²) in [6, 6.07) is 3.42. The minimum atomic E-state index is -0.147. The van der Waals surface area contributed by atoms with Crippen LogP contribution in [0.25, 0.3) is 0 Å². The summed E-state index contributed by atoms with van der Waals surface area (Å²) in [6.07, 6.45) is 2.29. The Morgan fingerprint density at radius 1 is 1.50 bits per heavy atom. The standard InChI is InChI=1S/C15H21NO4/c1-4-19-15(18)12-8-11(12)9-16(10(2)3)14(17)13-6-5-7-20-13/h5-7,10-12H,4,8-9H2,1-3H3. The highest BCUT2D eigenvalue weighted by molar-refractivity contribution is 5.91. The number of ether oxygens (including phenoxy) is 1. The van der Waals surface area contributed by atoms with Gasteiger partial charge < -0.3 is 14.1 Å². The van der Waals surface area contributed by atoms with E-state index in [-0.39, 0.29) is 29.8 Å². The van der Waals surface area contributed by atoms with Crippen LogP contribution in [0.5, 0.6) is 0 Å². The summed E-state index contributed by atoms with van der Waals surface area (Å²) in [7, 11) is 0. The lowest BCUT2D eigenvalue weighted by Gasteiger charge is -2.26. The predicted octanol–water partition coefficient (Wildman–Crippen LogP) is 2.33. The fourth-order valence-electron chi connectivity index (χ4n) is 2.31. The molecule has 0 saturated heterocycles. The number of amides is 1. The molecule has 1 fully saturated rings. The van der Waals surface area contributed by atoms with E-state index in [9.17, 15) is 9.59 Å². The second-order valence-corrected chi connectivity index (χ2v) is 5.38. The number of esters is 1. The van der Waals surface area contributed by atoms with Gasteiger partial charge >= 0.3 is 5.97 Å². The Hall–Kier alpha value is -1.78. The first-order valence-electron chi connectivity index (χ1n) is 7.05. The second kappa shape index (κ2) is 6.11. The number of hydrogen-bond donors (Lipinski definition) is 0. The Labute approximate surface area is 118 Å². The molecule has 0 aliphatic heterocycles. The van der Waals surface area contributed by atoms with Crippen molar-refractivity contribution in [1.82, 2.24) is 4.90 Å². The Bertz CT molecular complexity index is 466. The maximum absolute atomic E-state index is 12.3. The summed E-state index contributed by atoms with van der Waals surface area (Å²) in [6.45, 7) is 6.70. The van der Waals surface area contributed by atoms with Crippen molar-refractivity contribution in [3.63, 3.8) is 0 Å². The molecule has 0 radical (unpaired) electrons. The minimum absolute atomic E-state index is 0.0550. The lowest BCUT2D eigenvalue weighted by Crippen LogP contribution is -2.38. The third-order valence-corrected chi connectivity index (χ3v) is 3.56. The molecule has 0 aromatic carbocycles. The highest BCUT2D eigenvalue weighted by atomic mass is 16.5. The molecule has 1 amide bonds. The van der Waals surface area contributed by atoms with Crippen molar-refractivity contribution in [2.45, 2.75) is 33.2 Å². The van der Waals surface area contributed by atoms with Crippen LogP contribution in [0.1, 0.15) is 37.7 Å². The molecule has 5 heteroatoms. The van der Waals surface area contributed by atoms with Crippen molar-refractivity contribution >= 4 is 11.9 Å². The molecule has 0 bridgehead atoms. The van der Waals surface area contributed by atoms with E-state index in [0.29, 0.717) is 18.9 Å². The first kappa shape index (κ1) is 14.6. The van der Waals surface area contributed by atoms with Gasteiger partial charge in [0.15, 0.2) is 5.76 Å². The lowest BCUT2D eigenvalue weighted by atomic mass is 10.2. The smallest absolute Gasteiger partial charge is 0.309 e. The molecule has 2 atom stereocenters. The van der Waals surface area contributed by atoms with Crippen molar-refractivity contribution < 1.29 is 18.7 Å². The zero-order chi connectivity index (χ0) is 14.7. The first-order valence-corrected chi connectivity index (χ1v) is 7.05. The lowest BCUT2D eigenvalue weighted by molar-refractivity contribution is -0.145. The molecular weight excluding hydrogens is 258 g/mol. The van der Waals surface area contributed by atoms with Gasteiger partial charge in [0.05, 0.1) is 18.8 Å².